The van der Waals surface area contributed by atoms with Crippen molar-refractivity contribution in [3.63, 3.8) is 0 Å². The van der Waals surface area contributed by atoms with Crippen LogP contribution in [0.5, 0.6) is 5.75 Å². The Labute approximate surface area is 115 Å². The highest BCUT2D eigenvalue weighted by atomic mass is 16.5. The second-order valence-electron chi connectivity index (χ2n) is 5.38. The summed E-state index contributed by atoms with van der Waals surface area (Å²) in [6.45, 7) is 3.93. The molecule has 0 aromatic heterocycles. The van der Waals surface area contributed by atoms with E-state index in [1.807, 2.05) is 30.3 Å². The van der Waals surface area contributed by atoms with Crippen molar-refractivity contribution in [3.05, 3.63) is 36.4 Å². The van der Waals surface area contributed by atoms with Gasteiger partial charge in [-0.2, -0.15) is 0 Å². The van der Waals surface area contributed by atoms with Gasteiger partial charge < -0.3 is 15.4 Å². The molecule has 2 N–H and O–H groups in total. The summed E-state index contributed by atoms with van der Waals surface area (Å²) in [5.74, 6) is 1.40. The first-order valence-electron chi connectivity index (χ1n) is 6.62. The lowest BCUT2D eigenvalue weighted by molar-refractivity contribution is 0.224. The van der Waals surface area contributed by atoms with E-state index in [1.165, 1.54) is 0 Å². The summed E-state index contributed by atoms with van der Waals surface area (Å²) >= 11 is 0. The summed E-state index contributed by atoms with van der Waals surface area (Å²) in [7, 11) is 4.16. The highest BCUT2D eigenvalue weighted by Crippen LogP contribution is 2.29. The summed E-state index contributed by atoms with van der Waals surface area (Å²) < 4.78 is 5.95. The Kier molecular flexibility index (Phi) is 4.27. The van der Waals surface area contributed by atoms with E-state index in [4.69, 9.17) is 10.5 Å². The molecule has 0 saturated carbocycles. The normalized spacial score (nSPS) is 12.8. The number of anilines is 1. The second-order valence-corrected chi connectivity index (χ2v) is 5.38. The lowest BCUT2D eigenvalue weighted by Crippen LogP contribution is -2.24. The van der Waals surface area contributed by atoms with Crippen molar-refractivity contribution in [2.45, 2.75) is 6.92 Å². The van der Waals surface area contributed by atoms with Crippen LogP contribution in [0, 0.1) is 5.92 Å². The maximum absolute atomic E-state index is 5.98. The maximum Gasteiger partial charge on any atom is 0.127 e. The summed E-state index contributed by atoms with van der Waals surface area (Å²) in [4.78, 5) is 2.18. The van der Waals surface area contributed by atoms with Gasteiger partial charge >= 0.3 is 0 Å². The number of nitrogen functional groups attached to an aromatic ring is 1. The maximum atomic E-state index is 5.98. The minimum absolute atomic E-state index is 0.492. The Hall–Kier alpha value is -1.74. The Morgan fingerprint density at radius 3 is 2.53 bits per heavy atom. The number of rotatable bonds is 5. The van der Waals surface area contributed by atoms with Gasteiger partial charge in [-0.15, -0.1) is 0 Å². The molecule has 19 heavy (non-hydrogen) atoms. The van der Waals surface area contributed by atoms with E-state index in [9.17, 15) is 0 Å². The van der Waals surface area contributed by atoms with Gasteiger partial charge in [0, 0.05) is 28.9 Å². The number of benzene rings is 2. The van der Waals surface area contributed by atoms with Crippen molar-refractivity contribution in [2.24, 2.45) is 5.92 Å². The number of ether oxygens (including phenoxy) is 1. The van der Waals surface area contributed by atoms with Gasteiger partial charge in [-0.05, 0) is 26.2 Å². The zero-order valence-corrected chi connectivity index (χ0v) is 11.9. The van der Waals surface area contributed by atoms with E-state index in [2.05, 4.69) is 32.0 Å². The monoisotopic (exact) mass is 258 g/mol. The smallest absolute Gasteiger partial charge is 0.127 e. The Balaban J connectivity index is 2.15. The molecule has 0 saturated heterocycles. The molecule has 2 rings (SSSR count). The molecule has 0 aliphatic heterocycles. The van der Waals surface area contributed by atoms with Crippen molar-refractivity contribution in [1.82, 2.24) is 4.90 Å². The van der Waals surface area contributed by atoms with Gasteiger partial charge in [0.2, 0.25) is 0 Å². The number of fused-ring (bicyclic) bond motifs is 1. The van der Waals surface area contributed by atoms with Crippen molar-refractivity contribution in [1.29, 1.82) is 0 Å². The first-order valence-corrected chi connectivity index (χ1v) is 6.62. The third kappa shape index (κ3) is 3.38. The van der Waals surface area contributed by atoms with Crippen molar-refractivity contribution >= 4 is 16.5 Å². The first kappa shape index (κ1) is 13.7. The molecular weight excluding hydrogens is 236 g/mol. The number of nitrogens with two attached hydrogens (primary N) is 1. The van der Waals surface area contributed by atoms with Crippen LogP contribution in [-0.4, -0.2) is 32.1 Å². The minimum Gasteiger partial charge on any atom is -0.493 e. The molecule has 0 bridgehead atoms. The van der Waals surface area contributed by atoms with Gasteiger partial charge in [-0.1, -0.05) is 31.2 Å². The van der Waals surface area contributed by atoms with Crippen LogP contribution in [0.2, 0.25) is 0 Å². The van der Waals surface area contributed by atoms with Gasteiger partial charge in [0.15, 0.2) is 0 Å². The molecule has 102 valence electrons. The van der Waals surface area contributed by atoms with E-state index >= 15 is 0 Å². The van der Waals surface area contributed by atoms with Crippen LogP contribution in [0.1, 0.15) is 6.92 Å². The lowest BCUT2D eigenvalue weighted by Gasteiger charge is -2.18. The SMILES string of the molecule is CC(COc1cccc2c(N)cccc12)CN(C)C. The predicted octanol–water partition coefficient (Wildman–Crippen LogP) is 3.00. The standard InChI is InChI=1S/C16H22N2O/c1-12(10-18(2)3)11-19-16-9-5-6-13-14(16)7-4-8-15(13)17/h4-9,12H,10-11,17H2,1-3H3. The summed E-state index contributed by atoms with van der Waals surface area (Å²) in [5.41, 5.74) is 6.78. The zero-order valence-electron chi connectivity index (χ0n) is 11.9. The average Bonchev–Trinajstić information content (AvgIpc) is 2.36. The van der Waals surface area contributed by atoms with E-state index < -0.39 is 0 Å². The van der Waals surface area contributed by atoms with Crippen LogP contribution >= 0.6 is 0 Å². The minimum atomic E-state index is 0.492. The van der Waals surface area contributed by atoms with Crippen molar-refractivity contribution in [3.8, 4) is 5.75 Å². The Morgan fingerprint density at radius 2 is 1.79 bits per heavy atom. The van der Waals surface area contributed by atoms with Gasteiger partial charge in [0.25, 0.3) is 0 Å². The van der Waals surface area contributed by atoms with Crippen LogP contribution < -0.4 is 10.5 Å². The molecule has 0 fully saturated rings. The topological polar surface area (TPSA) is 38.5 Å². The molecule has 0 aliphatic rings. The van der Waals surface area contributed by atoms with E-state index in [-0.39, 0.29) is 0 Å². The predicted molar refractivity (Wildman–Crippen MR) is 81.6 cm³/mol. The fourth-order valence-electron chi connectivity index (χ4n) is 2.34. The fraction of sp³-hybridized carbons (Fsp3) is 0.375. The van der Waals surface area contributed by atoms with Crippen LogP contribution in [-0.2, 0) is 0 Å². The zero-order chi connectivity index (χ0) is 13.8. The third-order valence-corrected chi connectivity index (χ3v) is 3.12. The van der Waals surface area contributed by atoms with E-state index in [1.54, 1.807) is 0 Å². The number of hydrogen-bond donors (Lipinski definition) is 1. The quantitative estimate of drug-likeness (QED) is 0.838. The molecular formula is C16H22N2O. The average molecular weight is 258 g/mol. The van der Waals surface area contributed by atoms with E-state index in [0.29, 0.717) is 12.5 Å². The molecule has 2 aromatic rings. The highest BCUT2D eigenvalue weighted by molar-refractivity contribution is 5.96. The van der Waals surface area contributed by atoms with Crippen LogP contribution in [0.25, 0.3) is 10.8 Å². The molecule has 3 nitrogen and oxygen atoms in total. The molecule has 0 aliphatic carbocycles. The van der Waals surface area contributed by atoms with Crippen LogP contribution in [0.4, 0.5) is 5.69 Å². The van der Waals surface area contributed by atoms with Crippen molar-refractivity contribution < 1.29 is 4.74 Å². The molecule has 0 heterocycles. The van der Waals surface area contributed by atoms with E-state index in [0.717, 1.165) is 28.8 Å². The lowest BCUT2D eigenvalue weighted by atomic mass is 10.1. The molecule has 3 heteroatoms. The molecule has 1 unspecified atom stereocenters. The molecule has 0 spiro atoms. The summed E-state index contributed by atoms with van der Waals surface area (Å²) in [5, 5.41) is 2.14. The van der Waals surface area contributed by atoms with Crippen LogP contribution in [0.15, 0.2) is 36.4 Å². The first-order chi connectivity index (χ1) is 9.08. The van der Waals surface area contributed by atoms with Gasteiger partial charge in [0.1, 0.15) is 5.75 Å². The van der Waals surface area contributed by atoms with Gasteiger partial charge in [0.05, 0.1) is 6.61 Å². The molecule has 1 atom stereocenters. The molecule has 0 amide bonds. The van der Waals surface area contributed by atoms with Crippen LogP contribution in [0.3, 0.4) is 0 Å². The summed E-state index contributed by atoms with van der Waals surface area (Å²) in [6, 6.07) is 12.0. The largest absolute Gasteiger partial charge is 0.493 e. The van der Waals surface area contributed by atoms with Gasteiger partial charge in [-0.25, -0.2) is 0 Å². The van der Waals surface area contributed by atoms with Gasteiger partial charge in [-0.3, -0.25) is 0 Å². The number of hydrogen-bond acceptors (Lipinski definition) is 3. The van der Waals surface area contributed by atoms with Crippen molar-refractivity contribution in [2.75, 3.05) is 33.0 Å². The highest BCUT2D eigenvalue weighted by Gasteiger charge is 2.07. The Morgan fingerprint density at radius 1 is 1.11 bits per heavy atom. The number of nitrogens with zero attached hydrogens (tertiary/aromatic N) is 1. The molecule has 2 aromatic carbocycles. The fourth-order valence-corrected chi connectivity index (χ4v) is 2.34. The molecule has 0 radical (unpaired) electrons. The second kappa shape index (κ2) is 5.93. The Bertz CT molecular complexity index is 551. The third-order valence-electron chi connectivity index (χ3n) is 3.12. The summed E-state index contributed by atoms with van der Waals surface area (Å²) in [6.07, 6.45) is 0.